The Kier molecular flexibility index (Phi) is 6.02. The second-order valence-corrected chi connectivity index (χ2v) is 5.45. The summed E-state index contributed by atoms with van der Waals surface area (Å²) < 4.78 is 7.15. The van der Waals surface area contributed by atoms with Crippen molar-refractivity contribution in [3.05, 3.63) is 18.0 Å². The highest BCUT2D eigenvalue weighted by molar-refractivity contribution is 5.85. The van der Waals surface area contributed by atoms with E-state index in [1.54, 1.807) is 6.20 Å². The van der Waals surface area contributed by atoms with E-state index in [2.05, 4.69) is 10.4 Å². The van der Waals surface area contributed by atoms with Crippen molar-refractivity contribution in [2.75, 3.05) is 39.4 Å². The fourth-order valence-corrected chi connectivity index (χ4v) is 2.97. The molecule has 0 radical (unpaired) electrons. The summed E-state index contributed by atoms with van der Waals surface area (Å²) in [6, 6.07) is 2.05. The molecule has 1 amide bonds. The number of carbonyl (C=O) groups is 1. The van der Waals surface area contributed by atoms with Gasteiger partial charge >= 0.3 is 0 Å². The predicted octanol–water partition coefficient (Wildman–Crippen LogP) is 0.631. The Hall–Kier alpha value is -1.11. The summed E-state index contributed by atoms with van der Waals surface area (Å²) in [6.45, 7) is 5.10. The summed E-state index contributed by atoms with van der Waals surface area (Å²) in [5.74, 6) is 0.616. The van der Waals surface area contributed by atoms with Crippen LogP contribution >= 0.6 is 12.4 Å². The normalized spacial score (nSPS) is 22.7. The zero-order chi connectivity index (χ0) is 13.8. The molecule has 1 unspecified atom stereocenters. The van der Waals surface area contributed by atoms with Crippen molar-refractivity contribution in [3.8, 4) is 0 Å². The predicted molar refractivity (Wildman–Crippen MR) is 81.7 cm³/mol. The van der Waals surface area contributed by atoms with Gasteiger partial charge in [-0.05, 0) is 25.5 Å². The van der Waals surface area contributed by atoms with Crippen molar-refractivity contribution in [2.45, 2.75) is 25.3 Å². The lowest BCUT2D eigenvalue weighted by atomic mass is 9.96. The number of hydrogen-bond acceptors (Lipinski definition) is 4. The fourth-order valence-electron chi connectivity index (χ4n) is 2.97. The molecule has 3 rings (SSSR count). The van der Waals surface area contributed by atoms with E-state index in [9.17, 15) is 4.79 Å². The van der Waals surface area contributed by atoms with E-state index in [4.69, 9.17) is 4.74 Å². The van der Waals surface area contributed by atoms with E-state index in [0.29, 0.717) is 38.8 Å². The number of morpholine rings is 1. The molecule has 2 aliphatic heterocycles. The lowest BCUT2D eigenvalue weighted by Gasteiger charge is -2.28. The highest BCUT2D eigenvalue weighted by Crippen LogP contribution is 2.22. The second-order valence-electron chi connectivity index (χ2n) is 5.45. The minimum atomic E-state index is 0. The molecule has 118 valence electrons. The van der Waals surface area contributed by atoms with Crippen LogP contribution < -0.4 is 5.32 Å². The van der Waals surface area contributed by atoms with Gasteiger partial charge in [0.15, 0.2) is 0 Å². The van der Waals surface area contributed by atoms with Crippen molar-refractivity contribution in [1.29, 1.82) is 0 Å². The van der Waals surface area contributed by atoms with Crippen LogP contribution in [0, 0.1) is 0 Å². The maximum Gasteiger partial charge on any atom is 0.244 e. The number of amides is 1. The van der Waals surface area contributed by atoms with E-state index in [-0.39, 0.29) is 18.3 Å². The van der Waals surface area contributed by atoms with Crippen LogP contribution in [0.1, 0.15) is 24.5 Å². The number of carbonyl (C=O) groups excluding carboxylic acids is 1. The van der Waals surface area contributed by atoms with Gasteiger partial charge in [0.25, 0.3) is 0 Å². The van der Waals surface area contributed by atoms with Gasteiger partial charge in [-0.25, -0.2) is 0 Å². The van der Waals surface area contributed by atoms with Crippen molar-refractivity contribution in [3.63, 3.8) is 0 Å². The number of aromatic nitrogens is 2. The Morgan fingerprint density at radius 2 is 2.24 bits per heavy atom. The van der Waals surface area contributed by atoms with Gasteiger partial charge in [-0.15, -0.1) is 12.4 Å². The molecule has 0 bridgehead atoms. The minimum absolute atomic E-state index is 0. The molecule has 2 aliphatic rings. The first-order valence-electron chi connectivity index (χ1n) is 7.42. The first kappa shape index (κ1) is 16.3. The van der Waals surface area contributed by atoms with Gasteiger partial charge in [-0.1, -0.05) is 0 Å². The quantitative estimate of drug-likeness (QED) is 0.889. The van der Waals surface area contributed by atoms with Gasteiger partial charge in [-0.3, -0.25) is 9.48 Å². The molecule has 6 nitrogen and oxygen atoms in total. The van der Waals surface area contributed by atoms with Crippen LogP contribution in [0.15, 0.2) is 12.3 Å². The number of ether oxygens (including phenoxy) is 1. The van der Waals surface area contributed by atoms with Crippen molar-refractivity contribution < 1.29 is 9.53 Å². The van der Waals surface area contributed by atoms with Gasteiger partial charge in [-0.2, -0.15) is 5.10 Å². The molecule has 1 N–H and O–H groups in total. The van der Waals surface area contributed by atoms with Crippen molar-refractivity contribution in [1.82, 2.24) is 20.0 Å². The third-order valence-corrected chi connectivity index (χ3v) is 4.11. The highest BCUT2D eigenvalue weighted by Gasteiger charge is 2.22. The number of halogens is 1. The average molecular weight is 315 g/mol. The molecule has 1 aromatic rings. The summed E-state index contributed by atoms with van der Waals surface area (Å²) in [4.78, 5) is 14.2. The molecule has 7 heteroatoms. The highest BCUT2D eigenvalue weighted by atomic mass is 35.5. The first-order chi connectivity index (χ1) is 9.84. The lowest BCUT2D eigenvalue weighted by molar-refractivity contribution is -0.136. The van der Waals surface area contributed by atoms with Crippen LogP contribution in [0.25, 0.3) is 0 Å². The van der Waals surface area contributed by atoms with E-state index in [1.165, 1.54) is 18.5 Å². The minimum Gasteiger partial charge on any atom is -0.378 e. The molecular weight excluding hydrogens is 292 g/mol. The molecule has 2 fully saturated rings. The molecule has 0 saturated carbocycles. The Morgan fingerprint density at radius 3 is 2.95 bits per heavy atom. The molecule has 1 aromatic heterocycles. The average Bonchev–Trinajstić information content (AvgIpc) is 2.97. The molecule has 21 heavy (non-hydrogen) atoms. The Labute approximate surface area is 131 Å². The maximum absolute atomic E-state index is 12.3. The number of hydrogen-bond donors (Lipinski definition) is 1. The molecular formula is C14H23ClN4O2. The molecule has 0 aliphatic carbocycles. The monoisotopic (exact) mass is 314 g/mol. The standard InChI is InChI=1S/C14H22N4O2.ClH/c19-14(17-6-8-20-9-7-17)11-18-13(3-5-16-18)12-2-1-4-15-10-12;/h3,5,12,15H,1-2,4,6-11H2;1H. The zero-order valence-electron chi connectivity index (χ0n) is 12.2. The van der Waals surface area contributed by atoms with Gasteiger partial charge in [0, 0.05) is 37.4 Å². The SMILES string of the molecule is Cl.O=C(Cn1nccc1C1CCCNC1)N1CCOCC1. The molecule has 0 aromatic carbocycles. The van der Waals surface area contributed by atoms with E-state index in [0.717, 1.165) is 13.1 Å². The first-order valence-corrected chi connectivity index (χ1v) is 7.42. The van der Waals surface area contributed by atoms with Crippen LogP contribution in [0.3, 0.4) is 0 Å². The van der Waals surface area contributed by atoms with Gasteiger partial charge in [0.1, 0.15) is 6.54 Å². The summed E-state index contributed by atoms with van der Waals surface area (Å²) in [7, 11) is 0. The van der Waals surface area contributed by atoms with Crippen LogP contribution in [0.5, 0.6) is 0 Å². The third kappa shape index (κ3) is 3.96. The number of piperidine rings is 1. The van der Waals surface area contributed by atoms with Gasteiger partial charge < -0.3 is 15.0 Å². The van der Waals surface area contributed by atoms with Gasteiger partial charge in [0.2, 0.25) is 5.91 Å². The lowest BCUT2D eigenvalue weighted by Crippen LogP contribution is -2.42. The van der Waals surface area contributed by atoms with Crippen LogP contribution in [0.2, 0.25) is 0 Å². The maximum atomic E-state index is 12.3. The number of rotatable bonds is 3. The summed E-state index contributed by atoms with van der Waals surface area (Å²) >= 11 is 0. The summed E-state index contributed by atoms with van der Waals surface area (Å²) in [5.41, 5.74) is 1.18. The molecule has 0 spiro atoms. The summed E-state index contributed by atoms with van der Waals surface area (Å²) in [6.07, 6.45) is 4.16. The molecule has 2 saturated heterocycles. The van der Waals surface area contributed by atoms with Crippen molar-refractivity contribution in [2.24, 2.45) is 0 Å². The second kappa shape index (κ2) is 7.77. The Bertz CT molecular complexity index is 454. The fraction of sp³-hybridized carbons (Fsp3) is 0.714. The summed E-state index contributed by atoms with van der Waals surface area (Å²) in [5, 5.41) is 7.75. The topological polar surface area (TPSA) is 59.4 Å². The van der Waals surface area contributed by atoms with Crippen molar-refractivity contribution >= 4 is 18.3 Å². The van der Waals surface area contributed by atoms with Crippen LogP contribution in [-0.2, 0) is 16.1 Å². The van der Waals surface area contributed by atoms with E-state index < -0.39 is 0 Å². The van der Waals surface area contributed by atoms with Gasteiger partial charge in [0.05, 0.1) is 13.2 Å². The van der Waals surface area contributed by atoms with Crippen LogP contribution in [-0.4, -0.2) is 60.0 Å². The molecule has 3 heterocycles. The molecule has 1 atom stereocenters. The zero-order valence-corrected chi connectivity index (χ0v) is 13.0. The van der Waals surface area contributed by atoms with E-state index >= 15 is 0 Å². The Balaban J connectivity index is 0.00000161. The number of nitrogens with zero attached hydrogens (tertiary/aromatic N) is 3. The third-order valence-electron chi connectivity index (χ3n) is 4.11. The van der Waals surface area contributed by atoms with E-state index in [1.807, 2.05) is 15.6 Å². The largest absolute Gasteiger partial charge is 0.378 e. The smallest absolute Gasteiger partial charge is 0.244 e. The Morgan fingerprint density at radius 1 is 1.43 bits per heavy atom. The van der Waals surface area contributed by atoms with Crippen LogP contribution in [0.4, 0.5) is 0 Å². The number of nitrogens with one attached hydrogen (secondary N) is 1.